The minimum absolute atomic E-state index is 0.134. The van der Waals surface area contributed by atoms with E-state index in [4.69, 9.17) is 11.5 Å². The smallest absolute Gasteiger partial charge is 0.280 e. The van der Waals surface area contributed by atoms with Crippen LogP contribution < -0.4 is 11.5 Å². The number of aromatic nitrogens is 2. The van der Waals surface area contributed by atoms with Crippen molar-refractivity contribution in [1.29, 1.82) is 0 Å². The van der Waals surface area contributed by atoms with Gasteiger partial charge in [0.1, 0.15) is 6.54 Å². The molecule has 0 fully saturated rings. The second-order valence-corrected chi connectivity index (χ2v) is 5.17. The third kappa shape index (κ3) is 3.78. The molecule has 0 spiro atoms. The molecule has 0 atom stereocenters. The molecule has 0 bridgehead atoms. The molecule has 8 nitrogen and oxygen atoms in total. The highest BCUT2D eigenvalue weighted by molar-refractivity contribution is 9.10. The van der Waals surface area contributed by atoms with Gasteiger partial charge >= 0.3 is 0 Å². The summed E-state index contributed by atoms with van der Waals surface area (Å²) < 4.78 is 5.30. The van der Waals surface area contributed by atoms with Crippen molar-refractivity contribution in [1.82, 2.24) is 15.2 Å². The number of hydrogen-bond acceptors (Lipinski definition) is 6. The first kappa shape index (κ1) is 15.0. The fourth-order valence-electron chi connectivity index (χ4n) is 1.69. The lowest BCUT2D eigenvalue weighted by atomic mass is 10.2. The van der Waals surface area contributed by atoms with Crippen molar-refractivity contribution in [3.8, 4) is 0 Å². The van der Waals surface area contributed by atoms with Crippen LogP contribution in [0.2, 0.25) is 0 Å². The number of carbonyl (C=O) groups excluding carboxylic acids is 2. The number of carbonyl (C=O) groups is 2. The zero-order valence-corrected chi connectivity index (χ0v) is 12.4. The number of rotatable bonds is 5. The molecule has 4 N–H and O–H groups in total. The minimum Gasteiger partial charge on any atom is -0.379 e. The molecule has 110 valence electrons. The fraction of sp³-hybridized carbons (Fsp3) is 0.167. The molecule has 2 amide bonds. The van der Waals surface area contributed by atoms with Gasteiger partial charge in [-0.05, 0) is 28.0 Å². The largest absolute Gasteiger partial charge is 0.379 e. The second-order valence-electron chi connectivity index (χ2n) is 4.25. The Bertz CT molecular complexity index is 655. The summed E-state index contributed by atoms with van der Waals surface area (Å²) in [7, 11) is 0. The minimum atomic E-state index is -0.643. The van der Waals surface area contributed by atoms with Crippen molar-refractivity contribution in [2.75, 3.05) is 12.3 Å². The Kier molecular flexibility index (Phi) is 4.53. The highest BCUT2D eigenvalue weighted by Crippen LogP contribution is 2.15. The molecule has 1 aromatic carbocycles. The van der Waals surface area contributed by atoms with Gasteiger partial charge in [0.2, 0.25) is 17.4 Å². The molecule has 0 aliphatic carbocycles. The number of primary amides is 1. The quantitative estimate of drug-likeness (QED) is 0.807. The van der Waals surface area contributed by atoms with Gasteiger partial charge in [0, 0.05) is 11.0 Å². The first-order valence-corrected chi connectivity index (χ1v) is 6.66. The Balaban J connectivity index is 2.22. The van der Waals surface area contributed by atoms with Crippen LogP contribution in [0.25, 0.3) is 0 Å². The molecule has 9 heteroatoms. The SMILES string of the molecule is NC(=O)CN(Cc1ccc(Br)cc1)C(=O)c1nonc1N. The van der Waals surface area contributed by atoms with E-state index in [0.717, 1.165) is 10.0 Å². The molecule has 0 aliphatic rings. The number of amides is 2. The zero-order chi connectivity index (χ0) is 15.4. The molecule has 0 radical (unpaired) electrons. The highest BCUT2D eigenvalue weighted by Gasteiger charge is 2.24. The number of benzene rings is 1. The van der Waals surface area contributed by atoms with Gasteiger partial charge in [-0.1, -0.05) is 28.1 Å². The maximum Gasteiger partial charge on any atom is 0.280 e. The van der Waals surface area contributed by atoms with E-state index in [9.17, 15) is 9.59 Å². The van der Waals surface area contributed by atoms with E-state index in [2.05, 4.69) is 30.9 Å². The van der Waals surface area contributed by atoms with Crippen molar-refractivity contribution < 1.29 is 14.2 Å². The van der Waals surface area contributed by atoms with E-state index in [0.29, 0.717) is 0 Å². The Morgan fingerprint density at radius 2 is 1.90 bits per heavy atom. The third-order valence-corrected chi connectivity index (χ3v) is 3.17. The summed E-state index contributed by atoms with van der Waals surface area (Å²) >= 11 is 3.32. The predicted molar refractivity (Wildman–Crippen MR) is 76.8 cm³/mol. The second kappa shape index (κ2) is 6.35. The number of anilines is 1. The van der Waals surface area contributed by atoms with Gasteiger partial charge < -0.3 is 16.4 Å². The third-order valence-electron chi connectivity index (χ3n) is 2.64. The van der Waals surface area contributed by atoms with E-state index in [1.165, 1.54) is 4.90 Å². The molecule has 0 saturated carbocycles. The lowest BCUT2D eigenvalue weighted by Gasteiger charge is -2.20. The molecule has 0 saturated heterocycles. The maximum atomic E-state index is 12.3. The van der Waals surface area contributed by atoms with E-state index in [-0.39, 0.29) is 24.6 Å². The molecule has 2 aromatic rings. The first-order valence-electron chi connectivity index (χ1n) is 5.87. The molecular weight excluding hydrogens is 342 g/mol. The number of hydrogen-bond donors (Lipinski definition) is 2. The molecule has 1 aromatic heterocycles. The summed E-state index contributed by atoms with van der Waals surface area (Å²) in [6.07, 6.45) is 0. The summed E-state index contributed by atoms with van der Waals surface area (Å²) in [5.41, 5.74) is 11.3. The average molecular weight is 354 g/mol. The van der Waals surface area contributed by atoms with Gasteiger partial charge in [-0.25, -0.2) is 4.63 Å². The summed E-state index contributed by atoms with van der Waals surface area (Å²) in [4.78, 5) is 24.7. The van der Waals surface area contributed by atoms with Crippen molar-refractivity contribution in [2.24, 2.45) is 5.73 Å². The van der Waals surface area contributed by atoms with Crippen LogP contribution in [0.15, 0.2) is 33.4 Å². The molecule has 0 aliphatic heterocycles. The van der Waals surface area contributed by atoms with Crippen LogP contribution in [0.3, 0.4) is 0 Å². The van der Waals surface area contributed by atoms with E-state index in [1.807, 2.05) is 24.3 Å². The van der Waals surface area contributed by atoms with Crippen molar-refractivity contribution in [3.05, 3.63) is 40.0 Å². The van der Waals surface area contributed by atoms with E-state index in [1.54, 1.807) is 0 Å². The van der Waals surface area contributed by atoms with Gasteiger partial charge in [-0.3, -0.25) is 9.59 Å². The van der Waals surface area contributed by atoms with E-state index >= 15 is 0 Å². The van der Waals surface area contributed by atoms with Gasteiger partial charge in [-0.2, -0.15) is 0 Å². The van der Waals surface area contributed by atoms with Crippen LogP contribution >= 0.6 is 15.9 Å². The molecule has 1 heterocycles. The standard InChI is InChI=1S/C12H12BrN5O3/c13-8-3-1-7(2-4-8)5-18(6-9(14)19)12(20)10-11(15)17-21-16-10/h1-4H,5-6H2,(H2,14,19)(H2,15,17). The van der Waals surface area contributed by atoms with Crippen LogP contribution in [0.1, 0.15) is 16.1 Å². The van der Waals surface area contributed by atoms with Crippen LogP contribution in [0.5, 0.6) is 0 Å². The van der Waals surface area contributed by atoms with Gasteiger partial charge in [0.05, 0.1) is 0 Å². The molecule has 21 heavy (non-hydrogen) atoms. The Hall–Kier alpha value is -2.42. The summed E-state index contributed by atoms with van der Waals surface area (Å²) in [5.74, 6) is -1.35. The zero-order valence-electron chi connectivity index (χ0n) is 10.8. The Morgan fingerprint density at radius 1 is 1.24 bits per heavy atom. The van der Waals surface area contributed by atoms with Crippen LogP contribution in [-0.2, 0) is 11.3 Å². The van der Waals surface area contributed by atoms with Gasteiger partial charge in [0.15, 0.2) is 0 Å². The molecule has 0 unspecified atom stereocenters. The van der Waals surface area contributed by atoms with Gasteiger partial charge in [0.25, 0.3) is 5.91 Å². The van der Waals surface area contributed by atoms with Crippen LogP contribution in [0.4, 0.5) is 5.82 Å². The number of nitrogens with two attached hydrogens (primary N) is 2. The normalized spacial score (nSPS) is 10.3. The van der Waals surface area contributed by atoms with Crippen molar-refractivity contribution in [2.45, 2.75) is 6.54 Å². The number of nitrogens with zero attached hydrogens (tertiary/aromatic N) is 3. The van der Waals surface area contributed by atoms with E-state index < -0.39 is 11.8 Å². The van der Waals surface area contributed by atoms with Crippen molar-refractivity contribution >= 4 is 33.6 Å². The fourth-order valence-corrected chi connectivity index (χ4v) is 1.96. The first-order chi connectivity index (χ1) is 9.97. The molecule has 2 rings (SSSR count). The average Bonchev–Trinajstić information content (AvgIpc) is 2.85. The number of nitrogen functional groups attached to an aromatic ring is 1. The topological polar surface area (TPSA) is 128 Å². The lowest BCUT2D eigenvalue weighted by Crippen LogP contribution is -2.38. The van der Waals surface area contributed by atoms with Gasteiger partial charge in [-0.15, -0.1) is 0 Å². The summed E-state index contributed by atoms with van der Waals surface area (Å²) in [6, 6.07) is 7.29. The Labute approximate surface area is 128 Å². The van der Waals surface area contributed by atoms with Crippen LogP contribution in [-0.4, -0.2) is 33.6 Å². The molecular formula is C12H12BrN5O3. The lowest BCUT2D eigenvalue weighted by molar-refractivity contribution is -0.118. The maximum absolute atomic E-state index is 12.3. The predicted octanol–water partition coefficient (Wildman–Crippen LogP) is 0.542. The Morgan fingerprint density at radius 3 is 2.43 bits per heavy atom. The summed E-state index contributed by atoms with van der Waals surface area (Å²) in [6.45, 7) is -0.0808. The van der Waals surface area contributed by atoms with Crippen molar-refractivity contribution in [3.63, 3.8) is 0 Å². The summed E-state index contributed by atoms with van der Waals surface area (Å²) in [5, 5.41) is 6.78. The monoisotopic (exact) mass is 353 g/mol. The number of halogens is 1. The highest BCUT2D eigenvalue weighted by atomic mass is 79.9. The van der Waals surface area contributed by atoms with Crippen LogP contribution in [0, 0.1) is 0 Å².